The van der Waals surface area contributed by atoms with Gasteiger partial charge in [-0.2, -0.15) is 10.3 Å². The molecule has 0 radical (unpaired) electrons. The molecule has 0 amide bonds. The van der Waals surface area contributed by atoms with Crippen molar-refractivity contribution < 1.29 is 19.0 Å². The van der Waals surface area contributed by atoms with Crippen LogP contribution in [0.15, 0.2) is 36.4 Å². The van der Waals surface area contributed by atoms with Crippen LogP contribution >= 0.6 is 23.2 Å². The monoisotopic (exact) mass is 421 g/mol. The molecule has 3 rings (SSSR count). The third-order valence-corrected chi connectivity index (χ3v) is 4.38. The molecule has 0 aliphatic rings. The predicted octanol–water partition coefficient (Wildman–Crippen LogP) is 4.54. The summed E-state index contributed by atoms with van der Waals surface area (Å²) in [6.45, 7) is 2.15. The number of halogens is 2. The van der Waals surface area contributed by atoms with Gasteiger partial charge in [0.25, 0.3) is 0 Å². The van der Waals surface area contributed by atoms with E-state index in [1.54, 1.807) is 44.4 Å². The van der Waals surface area contributed by atoms with E-state index in [4.69, 9.17) is 37.4 Å². The fourth-order valence-electron chi connectivity index (χ4n) is 2.56. The first-order valence-electron chi connectivity index (χ1n) is 8.36. The first-order chi connectivity index (χ1) is 13.5. The summed E-state index contributed by atoms with van der Waals surface area (Å²) >= 11 is 12.1. The van der Waals surface area contributed by atoms with Crippen LogP contribution in [-0.4, -0.2) is 35.1 Å². The topological polar surface area (TPSA) is 86.3 Å². The number of ether oxygens (including phenoxy) is 3. The summed E-state index contributed by atoms with van der Waals surface area (Å²) in [6, 6.07) is 10.3. The third-order valence-electron chi connectivity index (χ3n) is 3.85. The molecule has 0 aliphatic heterocycles. The summed E-state index contributed by atoms with van der Waals surface area (Å²) in [5.41, 5.74) is 1.90. The highest BCUT2D eigenvalue weighted by Gasteiger charge is 2.20. The first-order valence-corrected chi connectivity index (χ1v) is 9.12. The maximum atomic E-state index is 12.1. The number of hydrogen-bond donors (Lipinski definition) is 1. The van der Waals surface area contributed by atoms with Crippen LogP contribution in [-0.2, 0) is 11.3 Å². The van der Waals surface area contributed by atoms with Crippen molar-refractivity contribution in [1.29, 1.82) is 0 Å². The summed E-state index contributed by atoms with van der Waals surface area (Å²) in [5.74, 6) is 0.565. The molecule has 7 nitrogen and oxygen atoms in total. The molecule has 2 aromatic carbocycles. The van der Waals surface area contributed by atoms with E-state index in [2.05, 4.69) is 15.4 Å². The second kappa shape index (κ2) is 8.95. The Kier molecular flexibility index (Phi) is 6.38. The van der Waals surface area contributed by atoms with Crippen molar-refractivity contribution in [1.82, 2.24) is 15.4 Å². The zero-order chi connectivity index (χ0) is 20.1. The number of carbonyl (C=O) groups excluding carboxylic acids is 1. The van der Waals surface area contributed by atoms with E-state index in [0.29, 0.717) is 32.8 Å². The number of rotatable bonds is 7. The number of esters is 1. The Balaban J connectivity index is 1.89. The molecule has 0 aliphatic carbocycles. The lowest BCUT2D eigenvalue weighted by Crippen LogP contribution is -2.07. The minimum atomic E-state index is -0.548. The lowest BCUT2D eigenvalue weighted by Gasteiger charge is -2.13. The first kappa shape index (κ1) is 20.0. The molecule has 0 bridgehead atoms. The fourth-order valence-corrected chi connectivity index (χ4v) is 3.02. The van der Waals surface area contributed by atoms with Crippen LogP contribution in [0.2, 0.25) is 10.0 Å². The van der Waals surface area contributed by atoms with Crippen molar-refractivity contribution in [2.75, 3.05) is 13.7 Å². The van der Waals surface area contributed by atoms with Crippen molar-refractivity contribution in [3.8, 4) is 22.8 Å². The van der Waals surface area contributed by atoms with Gasteiger partial charge in [0.15, 0.2) is 5.69 Å². The van der Waals surface area contributed by atoms with Gasteiger partial charge in [-0.3, -0.25) is 0 Å². The Morgan fingerprint density at radius 2 is 1.89 bits per heavy atom. The smallest absolute Gasteiger partial charge is 0.361 e. The van der Waals surface area contributed by atoms with Crippen LogP contribution in [0.5, 0.6) is 11.5 Å². The van der Waals surface area contributed by atoms with E-state index < -0.39 is 5.97 Å². The summed E-state index contributed by atoms with van der Waals surface area (Å²) in [5, 5.41) is 11.4. The van der Waals surface area contributed by atoms with Crippen LogP contribution in [0.4, 0.5) is 0 Å². The van der Waals surface area contributed by atoms with Gasteiger partial charge in [-0.1, -0.05) is 23.2 Å². The van der Waals surface area contributed by atoms with Crippen LogP contribution in [0.1, 0.15) is 23.0 Å². The molecule has 0 spiro atoms. The van der Waals surface area contributed by atoms with Gasteiger partial charge < -0.3 is 14.2 Å². The number of methoxy groups -OCH3 is 1. The maximum Gasteiger partial charge on any atom is 0.361 e. The molecular formula is C19H17Cl2N3O4. The Hall–Kier alpha value is -2.77. The van der Waals surface area contributed by atoms with Gasteiger partial charge in [0.2, 0.25) is 0 Å². The highest BCUT2D eigenvalue weighted by Crippen LogP contribution is 2.31. The van der Waals surface area contributed by atoms with E-state index in [0.717, 1.165) is 5.56 Å². The normalized spacial score (nSPS) is 10.6. The van der Waals surface area contributed by atoms with Gasteiger partial charge in [0, 0.05) is 16.1 Å². The fraction of sp³-hybridized carbons (Fsp3) is 0.211. The number of aromatic nitrogens is 3. The number of hydrogen-bond acceptors (Lipinski definition) is 6. The predicted molar refractivity (Wildman–Crippen MR) is 105 cm³/mol. The molecule has 146 valence electrons. The zero-order valence-electron chi connectivity index (χ0n) is 15.2. The standard InChI is InChI=1S/C19H17Cl2N3O4/c1-3-27-19(25)18-17(22-24-23-18)11-4-6-15(26-2)12(8-11)10-28-16-7-5-13(20)9-14(16)21/h4-9H,3,10H2,1-2H3,(H,22,23,24). The number of carbonyl (C=O) groups is 1. The van der Waals surface area contributed by atoms with Crippen LogP contribution < -0.4 is 9.47 Å². The van der Waals surface area contributed by atoms with Gasteiger partial charge in [0.1, 0.15) is 23.8 Å². The molecule has 0 atom stereocenters. The van der Waals surface area contributed by atoms with E-state index >= 15 is 0 Å². The Morgan fingerprint density at radius 1 is 1.11 bits per heavy atom. The van der Waals surface area contributed by atoms with Gasteiger partial charge in [-0.25, -0.2) is 4.79 Å². The molecule has 9 heteroatoms. The number of nitrogens with one attached hydrogen (secondary N) is 1. The van der Waals surface area contributed by atoms with Crippen molar-refractivity contribution in [2.45, 2.75) is 13.5 Å². The summed E-state index contributed by atoms with van der Waals surface area (Å²) < 4.78 is 16.2. The van der Waals surface area contributed by atoms with E-state index in [-0.39, 0.29) is 18.9 Å². The van der Waals surface area contributed by atoms with Crippen LogP contribution in [0.25, 0.3) is 11.3 Å². The van der Waals surface area contributed by atoms with Gasteiger partial charge >= 0.3 is 5.97 Å². The minimum absolute atomic E-state index is 0.111. The SMILES string of the molecule is CCOC(=O)c1n[nH]nc1-c1ccc(OC)c(COc2ccc(Cl)cc2Cl)c1. The maximum absolute atomic E-state index is 12.1. The van der Waals surface area contributed by atoms with Crippen molar-refractivity contribution in [3.63, 3.8) is 0 Å². The van der Waals surface area contributed by atoms with Crippen molar-refractivity contribution in [3.05, 3.63) is 57.7 Å². The molecule has 1 heterocycles. The second-order valence-electron chi connectivity index (χ2n) is 5.63. The molecule has 0 saturated carbocycles. The lowest BCUT2D eigenvalue weighted by molar-refractivity contribution is 0.0520. The molecule has 1 aromatic heterocycles. The van der Waals surface area contributed by atoms with E-state index in [9.17, 15) is 4.79 Å². The largest absolute Gasteiger partial charge is 0.496 e. The van der Waals surface area contributed by atoms with Gasteiger partial charge in [-0.05, 0) is 43.3 Å². The molecule has 3 aromatic rings. The van der Waals surface area contributed by atoms with Crippen molar-refractivity contribution >= 4 is 29.2 Å². The number of aromatic amines is 1. The quantitative estimate of drug-likeness (QED) is 0.563. The average molecular weight is 422 g/mol. The van der Waals surface area contributed by atoms with E-state index in [1.165, 1.54) is 0 Å². The van der Waals surface area contributed by atoms with E-state index in [1.807, 2.05) is 6.07 Å². The van der Waals surface area contributed by atoms with Crippen LogP contribution in [0, 0.1) is 0 Å². The minimum Gasteiger partial charge on any atom is -0.496 e. The average Bonchev–Trinajstić information content (AvgIpc) is 3.17. The molecule has 0 unspecified atom stereocenters. The third kappa shape index (κ3) is 4.37. The lowest BCUT2D eigenvalue weighted by atomic mass is 10.1. The molecular weight excluding hydrogens is 405 g/mol. The number of H-pyrrole nitrogens is 1. The van der Waals surface area contributed by atoms with Crippen LogP contribution in [0.3, 0.4) is 0 Å². The van der Waals surface area contributed by atoms with Gasteiger partial charge in [-0.15, -0.1) is 5.10 Å². The Labute approximate surface area is 171 Å². The Morgan fingerprint density at radius 3 is 2.61 bits per heavy atom. The second-order valence-corrected chi connectivity index (χ2v) is 6.47. The number of benzene rings is 2. The molecule has 0 saturated heterocycles. The molecule has 0 fully saturated rings. The summed E-state index contributed by atoms with van der Waals surface area (Å²) in [6.07, 6.45) is 0. The number of nitrogens with zero attached hydrogens (tertiary/aromatic N) is 2. The Bertz CT molecular complexity index is 991. The zero-order valence-corrected chi connectivity index (χ0v) is 16.7. The summed E-state index contributed by atoms with van der Waals surface area (Å²) in [7, 11) is 1.56. The highest BCUT2D eigenvalue weighted by atomic mass is 35.5. The highest BCUT2D eigenvalue weighted by molar-refractivity contribution is 6.35. The molecule has 1 N–H and O–H groups in total. The van der Waals surface area contributed by atoms with Crippen molar-refractivity contribution in [2.24, 2.45) is 0 Å². The molecule has 28 heavy (non-hydrogen) atoms. The van der Waals surface area contributed by atoms with Gasteiger partial charge in [0.05, 0.1) is 18.7 Å². The summed E-state index contributed by atoms with van der Waals surface area (Å²) in [4.78, 5) is 12.1.